The van der Waals surface area contributed by atoms with Crippen molar-refractivity contribution < 1.29 is 19.1 Å². The Balaban J connectivity index is 1.74. The second-order valence-corrected chi connectivity index (χ2v) is 7.92. The summed E-state index contributed by atoms with van der Waals surface area (Å²) in [6.07, 6.45) is 2.69. The number of aryl methyl sites for hydroxylation is 1. The van der Waals surface area contributed by atoms with E-state index < -0.39 is 17.8 Å². The molecule has 4 rings (SSSR count). The predicted molar refractivity (Wildman–Crippen MR) is 125 cm³/mol. The lowest BCUT2D eigenvalue weighted by atomic mass is 10.1. The number of halogens is 1. The highest BCUT2D eigenvalue weighted by molar-refractivity contribution is 5.98. The van der Waals surface area contributed by atoms with E-state index in [1.807, 2.05) is 13.0 Å². The third-order valence-electron chi connectivity index (χ3n) is 5.61. The number of anilines is 1. The van der Waals surface area contributed by atoms with Crippen molar-refractivity contribution in [2.45, 2.75) is 26.4 Å². The molecule has 0 bridgehead atoms. The van der Waals surface area contributed by atoms with Gasteiger partial charge in [0, 0.05) is 23.3 Å². The number of hydrogen-bond acceptors (Lipinski definition) is 6. The minimum Gasteiger partial charge on any atom is -0.478 e. The summed E-state index contributed by atoms with van der Waals surface area (Å²) in [6, 6.07) is 11.9. The van der Waals surface area contributed by atoms with Crippen LogP contribution in [-0.2, 0) is 6.54 Å². The number of hydrogen-bond donors (Lipinski definition) is 2. The number of aromatic nitrogens is 3. The van der Waals surface area contributed by atoms with Crippen LogP contribution in [0.3, 0.4) is 0 Å². The summed E-state index contributed by atoms with van der Waals surface area (Å²) in [4.78, 5) is 38.9. The van der Waals surface area contributed by atoms with Crippen LogP contribution in [0.4, 0.5) is 10.2 Å². The molecule has 1 amide bonds. The van der Waals surface area contributed by atoms with Crippen LogP contribution in [0.2, 0.25) is 0 Å². The molecule has 0 radical (unpaired) electrons. The molecule has 0 aliphatic carbocycles. The smallest absolute Gasteiger partial charge is 0.337 e. The molecule has 1 atom stereocenters. The minimum absolute atomic E-state index is 0.0208. The van der Waals surface area contributed by atoms with Crippen LogP contribution in [0.15, 0.2) is 60.9 Å². The molecule has 1 unspecified atom stereocenters. The number of nitrogens with two attached hydrogens (primary N) is 1. The van der Waals surface area contributed by atoms with Crippen molar-refractivity contribution in [2.75, 3.05) is 5.73 Å². The number of carboxylic acid groups (broad SMARTS) is 1. The van der Waals surface area contributed by atoms with E-state index in [2.05, 4.69) is 15.0 Å². The lowest BCUT2D eigenvalue weighted by molar-refractivity contribution is 0.0659. The fourth-order valence-electron chi connectivity index (χ4n) is 3.65. The molecule has 0 saturated carbocycles. The summed E-state index contributed by atoms with van der Waals surface area (Å²) in [5.74, 6) is -1.58. The molecule has 0 fully saturated rings. The molecule has 1 aromatic carbocycles. The highest BCUT2D eigenvalue weighted by Gasteiger charge is 2.27. The number of pyridine rings is 3. The first-order valence-corrected chi connectivity index (χ1v) is 10.5. The van der Waals surface area contributed by atoms with Gasteiger partial charge in [-0.2, -0.15) is 0 Å². The third kappa shape index (κ3) is 4.54. The van der Waals surface area contributed by atoms with E-state index in [1.54, 1.807) is 25.1 Å². The Morgan fingerprint density at radius 2 is 1.88 bits per heavy atom. The first kappa shape index (κ1) is 22.8. The van der Waals surface area contributed by atoms with Gasteiger partial charge in [0.1, 0.15) is 11.6 Å². The Bertz CT molecular complexity index is 1390. The van der Waals surface area contributed by atoms with Crippen LogP contribution in [0.1, 0.15) is 50.6 Å². The van der Waals surface area contributed by atoms with E-state index >= 15 is 0 Å². The van der Waals surface area contributed by atoms with E-state index in [0.717, 1.165) is 10.9 Å². The van der Waals surface area contributed by atoms with Crippen molar-refractivity contribution in [1.82, 2.24) is 19.9 Å². The van der Waals surface area contributed by atoms with Crippen molar-refractivity contribution in [3.8, 4) is 0 Å². The molecule has 9 heteroatoms. The van der Waals surface area contributed by atoms with E-state index in [4.69, 9.17) is 10.8 Å². The maximum Gasteiger partial charge on any atom is 0.337 e. The van der Waals surface area contributed by atoms with E-state index in [9.17, 15) is 14.0 Å². The first-order chi connectivity index (χ1) is 16.2. The molecule has 8 nitrogen and oxygen atoms in total. The van der Waals surface area contributed by atoms with Crippen LogP contribution in [0, 0.1) is 12.7 Å². The van der Waals surface area contributed by atoms with Gasteiger partial charge in [-0.25, -0.2) is 14.2 Å². The van der Waals surface area contributed by atoms with Crippen molar-refractivity contribution in [2.24, 2.45) is 0 Å². The predicted octanol–water partition coefficient (Wildman–Crippen LogP) is 4.16. The molecule has 3 N–H and O–H groups in total. The Morgan fingerprint density at radius 3 is 2.56 bits per heavy atom. The molecular formula is C25H22FN5O3. The minimum atomic E-state index is -1.10. The van der Waals surface area contributed by atoms with Crippen molar-refractivity contribution in [3.05, 3.63) is 94.8 Å². The highest BCUT2D eigenvalue weighted by atomic mass is 19.1. The number of carboxylic acids is 1. The molecule has 0 saturated heterocycles. The number of carbonyl (C=O) groups excluding carboxylic acids is 1. The normalized spacial score (nSPS) is 11.9. The molecule has 3 aromatic heterocycles. The van der Waals surface area contributed by atoms with Crippen molar-refractivity contribution in [3.63, 3.8) is 0 Å². The summed E-state index contributed by atoms with van der Waals surface area (Å²) in [5.41, 5.74) is 8.31. The maximum absolute atomic E-state index is 14.5. The first-order valence-electron chi connectivity index (χ1n) is 10.5. The van der Waals surface area contributed by atoms with Gasteiger partial charge in [-0.3, -0.25) is 14.8 Å². The zero-order chi connectivity index (χ0) is 24.4. The largest absolute Gasteiger partial charge is 0.478 e. The van der Waals surface area contributed by atoms with Crippen LogP contribution < -0.4 is 5.73 Å². The summed E-state index contributed by atoms with van der Waals surface area (Å²) in [7, 11) is 0. The Labute approximate surface area is 194 Å². The zero-order valence-electron chi connectivity index (χ0n) is 18.6. The fourth-order valence-corrected chi connectivity index (χ4v) is 3.65. The second-order valence-electron chi connectivity index (χ2n) is 7.92. The molecular weight excluding hydrogens is 437 g/mol. The number of amides is 1. The molecule has 0 aliphatic heterocycles. The second kappa shape index (κ2) is 9.22. The quantitative estimate of drug-likeness (QED) is 0.444. The van der Waals surface area contributed by atoms with Crippen LogP contribution in [0.5, 0.6) is 0 Å². The van der Waals surface area contributed by atoms with E-state index in [-0.39, 0.29) is 23.7 Å². The SMILES string of the molecule is Cc1cc2cc(C(=O)N(Cc3ccc(C(=O)O)cn3)C(C)c3ncccc3F)ccc2nc1N. The van der Waals surface area contributed by atoms with E-state index in [0.29, 0.717) is 22.6 Å². The average Bonchev–Trinajstić information content (AvgIpc) is 2.83. The van der Waals surface area contributed by atoms with Gasteiger partial charge in [-0.1, -0.05) is 0 Å². The lowest BCUT2D eigenvalue weighted by Crippen LogP contribution is -2.34. The monoisotopic (exact) mass is 459 g/mol. The van der Waals surface area contributed by atoms with Crippen LogP contribution in [0.25, 0.3) is 10.9 Å². The van der Waals surface area contributed by atoms with Gasteiger partial charge in [0.05, 0.1) is 35.1 Å². The summed E-state index contributed by atoms with van der Waals surface area (Å²) < 4.78 is 14.5. The number of fused-ring (bicyclic) bond motifs is 1. The van der Waals surface area contributed by atoms with Gasteiger partial charge in [-0.05, 0) is 67.9 Å². The third-order valence-corrected chi connectivity index (χ3v) is 5.61. The topological polar surface area (TPSA) is 122 Å². The number of aromatic carboxylic acids is 1. The number of nitrogens with zero attached hydrogens (tertiary/aromatic N) is 4. The standard InChI is InChI=1S/C25H22FN5O3/c1-14-10-18-11-16(6-8-21(18)30-23(14)27)24(32)31(15(2)22-20(26)4-3-9-28-22)13-19-7-5-17(12-29-19)25(33)34/h3-12,15H,13H2,1-2H3,(H2,27,30)(H,33,34). The molecule has 0 aliphatic rings. The Hall–Kier alpha value is -4.40. The van der Waals surface area contributed by atoms with Gasteiger partial charge in [0.15, 0.2) is 0 Å². The summed E-state index contributed by atoms with van der Waals surface area (Å²) in [6.45, 7) is 3.54. The van der Waals surface area contributed by atoms with Crippen LogP contribution in [-0.4, -0.2) is 36.8 Å². The van der Waals surface area contributed by atoms with Gasteiger partial charge < -0.3 is 15.7 Å². The number of rotatable bonds is 6. The van der Waals surface area contributed by atoms with Crippen molar-refractivity contribution in [1.29, 1.82) is 0 Å². The van der Waals surface area contributed by atoms with E-state index in [1.165, 1.54) is 41.6 Å². The maximum atomic E-state index is 14.5. The van der Waals surface area contributed by atoms with Gasteiger partial charge in [0.2, 0.25) is 0 Å². The van der Waals surface area contributed by atoms with Gasteiger partial charge in [0.25, 0.3) is 5.91 Å². The molecule has 34 heavy (non-hydrogen) atoms. The molecule has 4 aromatic rings. The Morgan fingerprint density at radius 1 is 1.12 bits per heavy atom. The van der Waals surface area contributed by atoms with Gasteiger partial charge >= 0.3 is 5.97 Å². The summed E-state index contributed by atoms with van der Waals surface area (Å²) in [5, 5.41) is 9.87. The van der Waals surface area contributed by atoms with Gasteiger partial charge in [-0.15, -0.1) is 0 Å². The number of carbonyl (C=O) groups is 2. The average molecular weight is 459 g/mol. The van der Waals surface area contributed by atoms with Crippen LogP contribution >= 0.6 is 0 Å². The fraction of sp³-hybridized carbons (Fsp3) is 0.160. The highest BCUT2D eigenvalue weighted by Crippen LogP contribution is 2.26. The number of benzene rings is 1. The Kier molecular flexibility index (Phi) is 6.18. The molecule has 3 heterocycles. The zero-order valence-corrected chi connectivity index (χ0v) is 18.6. The lowest BCUT2D eigenvalue weighted by Gasteiger charge is -2.29. The summed E-state index contributed by atoms with van der Waals surface area (Å²) >= 11 is 0. The molecule has 0 spiro atoms. The molecule has 172 valence electrons. The van der Waals surface area contributed by atoms with Crippen molar-refractivity contribution >= 4 is 28.6 Å². The number of nitrogen functional groups attached to an aromatic ring is 1.